The third kappa shape index (κ3) is 6.15. The summed E-state index contributed by atoms with van der Waals surface area (Å²) in [5.74, 6) is -3.20. The van der Waals surface area contributed by atoms with Crippen LogP contribution in [-0.2, 0) is 4.79 Å². The van der Waals surface area contributed by atoms with Crippen LogP contribution >= 0.6 is 0 Å². The Morgan fingerprint density at radius 2 is 1.88 bits per heavy atom. The van der Waals surface area contributed by atoms with E-state index in [1.165, 1.54) is 24.3 Å². The van der Waals surface area contributed by atoms with Crippen molar-refractivity contribution in [2.75, 3.05) is 0 Å². The molecule has 1 aliphatic carbocycles. The van der Waals surface area contributed by atoms with Crippen molar-refractivity contribution >= 4 is 23.3 Å². The van der Waals surface area contributed by atoms with Crippen LogP contribution < -0.4 is 16.4 Å². The zero-order valence-corrected chi connectivity index (χ0v) is 18.9. The minimum Gasteiger partial charge on any atom is -0.384 e. The van der Waals surface area contributed by atoms with Gasteiger partial charge in [-0.15, -0.1) is 5.10 Å². The number of hydrogen-bond donors (Lipinski definition) is 3. The predicted octanol–water partition coefficient (Wildman–Crippen LogP) is 1.97. The molecule has 1 saturated carbocycles. The molecule has 1 aliphatic rings. The first-order valence-corrected chi connectivity index (χ1v) is 11.1. The van der Waals surface area contributed by atoms with Crippen molar-refractivity contribution in [3.05, 3.63) is 56.4 Å². The van der Waals surface area contributed by atoms with Crippen LogP contribution in [0.2, 0.25) is 0 Å². The number of aromatic amines is 1. The molecule has 2 aromatic rings. The lowest BCUT2D eigenvalue weighted by Gasteiger charge is -2.32. The maximum absolute atomic E-state index is 13.2. The number of aromatic nitrogens is 2. The van der Waals surface area contributed by atoms with Crippen molar-refractivity contribution in [2.45, 2.75) is 58.0 Å². The minimum absolute atomic E-state index is 0.0592. The molecule has 3 N–H and O–H groups in total. The van der Waals surface area contributed by atoms with Gasteiger partial charge >= 0.3 is 5.76 Å². The van der Waals surface area contributed by atoms with Crippen molar-refractivity contribution in [2.24, 2.45) is 11.8 Å². The third-order valence-corrected chi connectivity index (χ3v) is 5.75. The number of nitro groups is 1. The normalized spacial score (nSPS) is 18.8. The molecule has 0 radical (unpaired) electrons. The van der Waals surface area contributed by atoms with Gasteiger partial charge in [0.1, 0.15) is 0 Å². The lowest BCUT2D eigenvalue weighted by molar-refractivity contribution is -0.384. The number of benzene rings is 1. The molecule has 3 rings (SSSR count). The molecule has 34 heavy (non-hydrogen) atoms. The number of carbonyl (C=O) groups excluding carboxylic acids is 3. The van der Waals surface area contributed by atoms with Gasteiger partial charge in [-0.05, 0) is 37.3 Å². The monoisotopic (exact) mass is 473 g/mol. The van der Waals surface area contributed by atoms with E-state index < -0.39 is 46.3 Å². The molecule has 0 aliphatic heterocycles. The fourth-order valence-corrected chi connectivity index (χ4v) is 4.07. The Labute approximate surface area is 194 Å². The lowest BCUT2D eigenvalue weighted by Crippen LogP contribution is -2.52. The van der Waals surface area contributed by atoms with E-state index in [4.69, 9.17) is 4.42 Å². The van der Waals surface area contributed by atoms with Crippen molar-refractivity contribution in [3.63, 3.8) is 0 Å². The molecule has 1 aromatic heterocycles. The van der Waals surface area contributed by atoms with E-state index >= 15 is 0 Å². The van der Waals surface area contributed by atoms with E-state index in [0.717, 1.165) is 12.8 Å². The van der Waals surface area contributed by atoms with Gasteiger partial charge in [0.2, 0.25) is 11.7 Å². The van der Waals surface area contributed by atoms with Crippen molar-refractivity contribution < 1.29 is 23.7 Å². The molecule has 0 saturated heterocycles. The number of carbonyl (C=O) groups is 3. The molecule has 0 spiro atoms. The summed E-state index contributed by atoms with van der Waals surface area (Å²) in [7, 11) is 0. The topological polar surface area (TPSA) is 177 Å². The average Bonchev–Trinajstić information content (AvgIpc) is 3.24. The summed E-state index contributed by atoms with van der Waals surface area (Å²) in [5, 5.41) is 22.0. The summed E-state index contributed by atoms with van der Waals surface area (Å²) in [6.45, 7) is 3.78. The molecule has 12 nitrogen and oxygen atoms in total. The van der Waals surface area contributed by atoms with E-state index in [-0.39, 0.29) is 23.1 Å². The number of hydrogen-bond acceptors (Lipinski definition) is 8. The van der Waals surface area contributed by atoms with Crippen LogP contribution in [0.15, 0.2) is 33.5 Å². The summed E-state index contributed by atoms with van der Waals surface area (Å²) in [6.07, 6.45) is 3.03. The van der Waals surface area contributed by atoms with Gasteiger partial charge in [0, 0.05) is 23.7 Å². The first kappa shape index (κ1) is 24.8. The quantitative estimate of drug-likeness (QED) is 0.281. The summed E-state index contributed by atoms with van der Waals surface area (Å²) in [4.78, 5) is 60.2. The summed E-state index contributed by atoms with van der Waals surface area (Å²) in [5.41, 5.74) is 0.122. The molecule has 1 heterocycles. The fraction of sp³-hybridized carbons (Fsp3) is 0.500. The molecule has 1 aromatic carbocycles. The first-order valence-electron chi connectivity index (χ1n) is 11.1. The number of Topliss-reactive ketones (excluding diaryl/α,β-unsaturated/α-hetero) is 1. The molecule has 182 valence electrons. The van der Waals surface area contributed by atoms with Crippen LogP contribution in [0.5, 0.6) is 0 Å². The molecule has 12 heteroatoms. The second-order valence-electron chi connectivity index (χ2n) is 8.75. The molecule has 2 amide bonds. The number of rotatable bonds is 9. The van der Waals surface area contributed by atoms with Gasteiger partial charge in [0.05, 0.1) is 16.9 Å². The fourth-order valence-electron chi connectivity index (χ4n) is 4.07. The third-order valence-electron chi connectivity index (χ3n) is 5.75. The van der Waals surface area contributed by atoms with Gasteiger partial charge in [-0.1, -0.05) is 26.7 Å². The summed E-state index contributed by atoms with van der Waals surface area (Å²) in [6, 6.07) is 3.81. The number of ketones is 1. The number of nitro benzene ring substituents is 1. The first-order chi connectivity index (χ1) is 16.2. The zero-order chi connectivity index (χ0) is 24.8. The van der Waals surface area contributed by atoms with E-state index in [9.17, 15) is 29.3 Å². The Kier molecular flexibility index (Phi) is 7.92. The second-order valence-corrected chi connectivity index (χ2v) is 8.75. The van der Waals surface area contributed by atoms with Gasteiger partial charge in [-0.3, -0.25) is 24.5 Å². The zero-order valence-electron chi connectivity index (χ0n) is 18.9. The predicted molar refractivity (Wildman–Crippen MR) is 119 cm³/mol. The standard InChI is InChI=1S/C22H27N5O7/c1-12(2)11-17(18(28)21-25-26-22(31)34-21)24-20(30)15-5-3-4-6-16(15)23-19(29)13-7-9-14(10-8-13)27(32)33/h7-10,12,15-17H,3-6,11H2,1-2H3,(H,23,29)(H,24,30)(H,26,31)/t15-,16+,17+/m1/s1. The Hall–Kier alpha value is -3.83. The molecular weight excluding hydrogens is 446 g/mol. The number of H-pyrrole nitrogens is 1. The Morgan fingerprint density at radius 1 is 1.21 bits per heavy atom. The van der Waals surface area contributed by atoms with Crippen LogP contribution in [0, 0.1) is 22.0 Å². The number of nitrogens with one attached hydrogen (secondary N) is 3. The van der Waals surface area contributed by atoms with Gasteiger partial charge in [0.15, 0.2) is 0 Å². The number of amides is 2. The molecular formula is C22H27N5O7. The van der Waals surface area contributed by atoms with E-state index in [1.54, 1.807) is 0 Å². The van der Waals surface area contributed by atoms with Crippen molar-refractivity contribution in [1.29, 1.82) is 0 Å². The molecule has 1 fully saturated rings. The molecule has 3 atom stereocenters. The summed E-state index contributed by atoms with van der Waals surface area (Å²) >= 11 is 0. The highest BCUT2D eigenvalue weighted by Crippen LogP contribution is 2.26. The van der Waals surface area contributed by atoms with E-state index in [0.29, 0.717) is 19.3 Å². The SMILES string of the molecule is CC(C)C[C@H](NC(=O)[C@@H]1CCCC[C@@H]1NC(=O)c1ccc([N+](=O)[O-])cc1)C(=O)c1n[nH]c(=O)o1. The van der Waals surface area contributed by atoms with Gasteiger partial charge in [0.25, 0.3) is 17.5 Å². The lowest BCUT2D eigenvalue weighted by atomic mass is 9.83. The van der Waals surface area contributed by atoms with Crippen LogP contribution in [0.4, 0.5) is 5.69 Å². The Balaban J connectivity index is 1.71. The van der Waals surface area contributed by atoms with Gasteiger partial charge in [-0.2, -0.15) is 0 Å². The number of non-ortho nitro benzene ring substituents is 1. The van der Waals surface area contributed by atoms with Crippen LogP contribution in [0.25, 0.3) is 0 Å². The largest absolute Gasteiger partial charge is 0.434 e. The van der Waals surface area contributed by atoms with Crippen LogP contribution in [0.3, 0.4) is 0 Å². The average molecular weight is 473 g/mol. The highest BCUT2D eigenvalue weighted by atomic mass is 16.6. The smallest absolute Gasteiger partial charge is 0.384 e. The van der Waals surface area contributed by atoms with Crippen molar-refractivity contribution in [3.8, 4) is 0 Å². The van der Waals surface area contributed by atoms with Crippen molar-refractivity contribution in [1.82, 2.24) is 20.8 Å². The van der Waals surface area contributed by atoms with E-state index in [2.05, 4.69) is 15.7 Å². The second kappa shape index (κ2) is 10.9. The summed E-state index contributed by atoms with van der Waals surface area (Å²) < 4.78 is 4.76. The molecule has 0 unspecified atom stereocenters. The van der Waals surface area contributed by atoms with E-state index in [1.807, 2.05) is 18.9 Å². The van der Waals surface area contributed by atoms with Gasteiger partial charge < -0.3 is 15.1 Å². The minimum atomic E-state index is -0.938. The maximum atomic E-state index is 13.2. The van der Waals surface area contributed by atoms with Crippen LogP contribution in [0.1, 0.15) is 67.0 Å². The van der Waals surface area contributed by atoms with Gasteiger partial charge in [-0.25, -0.2) is 9.89 Å². The highest BCUT2D eigenvalue weighted by Gasteiger charge is 2.35. The van der Waals surface area contributed by atoms with Crippen LogP contribution in [-0.4, -0.2) is 44.8 Å². The number of nitrogens with zero attached hydrogens (tertiary/aromatic N) is 2. The molecule has 0 bridgehead atoms. The highest BCUT2D eigenvalue weighted by molar-refractivity contribution is 5.99. The Bertz CT molecular complexity index is 1110. The maximum Gasteiger partial charge on any atom is 0.434 e. The Morgan fingerprint density at radius 3 is 2.47 bits per heavy atom.